The fourth-order valence-electron chi connectivity index (χ4n) is 4.29. The maximum Gasteiger partial charge on any atom is 0.282 e. The minimum absolute atomic E-state index is 0.171. The molecule has 0 spiro atoms. The first kappa shape index (κ1) is 25.6. The van der Waals surface area contributed by atoms with Crippen LogP contribution in [0.3, 0.4) is 0 Å². The Morgan fingerprint density at radius 2 is 1.79 bits per heavy atom. The van der Waals surface area contributed by atoms with Crippen LogP contribution in [0.1, 0.15) is 16.7 Å². The summed E-state index contributed by atoms with van der Waals surface area (Å²) in [6.07, 6.45) is 3.86. The minimum atomic E-state index is -0.325. The van der Waals surface area contributed by atoms with Crippen molar-refractivity contribution in [2.75, 3.05) is 7.11 Å². The van der Waals surface area contributed by atoms with E-state index in [0.717, 1.165) is 11.1 Å². The number of methoxy groups -OCH3 is 1. The minimum Gasteiger partial charge on any atom is -0.493 e. The van der Waals surface area contributed by atoms with Gasteiger partial charge in [0.15, 0.2) is 17.3 Å². The highest BCUT2D eigenvalue weighted by molar-refractivity contribution is 5.83. The first-order valence-corrected chi connectivity index (χ1v) is 12.4. The van der Waals surface area contributed by atoms with Crippen LogP contribution in [-0.4, -0.2) is 23.0 Å². The van der Waals surface area contributed by atoms with Crippen molar-refractivity contribution in [2.24, 2.45) is 5.10 Å². The van der Waals surface area contributed by atoms with Gasteiger partial charge >= 0.3 is 0 Å². The fourth-order valence-corrected chi connectivity index (χ4v) is 4.29. The molecular weight excluding hydrogens is 493 g/mol. The second kappa shape index (κ2) is 11.6. The number of halogens is 1. The van der Waals surface area contributed by atoms with Crippen LogP contribution in [0.25, 0.3) is 22.3 Å². The van der Waals surface area contributed by atoms with Gasteiger partial charge in [-0.3, -0.25) is 4.79 Å². The first-order chi connectivity index (χ1) is 19.1. The zero-order valence-corrected chi connectivity index (χ0v) is 21.4. The number of benzene rings is 4. The summed E-state index contributed by atoms with van der Waals surface area (Å²) in [5, 5.41) is 5.04. The van der Waals surface area contributed by atoms with Crippen LogP contribution >= 0.6 is 0 Å². The molecule has 0 radical (unpaired) electrons. The second-order valence-corrected chi connectivity index (χ2v) is 8.80. The van der Waals surface area contributed by atoms with Crippen LogP contribution in [0, 0.1) is 5.82 Å². The molecule has 0 N–H and O–H groups in total. The predicted octanol–water partition coefficient (Wildman–Crippen LogP) is 6.40. The van der Waals surface area contributed by atoms with Gasteiger partial charge in [0.2, 0.25) is 0 Å². The second-order valence-electron chi connectivity index (χ2n) is 8.80. The van der Waals surface area contributed by atoms with Crippen LogP contribution in [0.2, 0.25) is 0 Å². The van der Waals surface area contributed by atoms with Crippen molar-refractivity contribution >= 4 is 17.1 Å². The van der Waals surface area contributed by atoms with E-state index in [-0.39, 0.29) is 18.0 Å². The summed E-state index contributed by atoms with van der Waals surface area (Å²) in [6, 6.07) is 26.6. The molecule has 0 bridgehead atoms. The molecule has 0 saturated heterocycles. The van der Waals surface area contributed by atoms with Crippen LogP contribution in [-0.2, 0) is 13.0 Å². The number of rotatable bonds is 9. The molecule has 6 nitrogen and oxygen atoms in total. The van der Waals surface area contributed by atoms with E-state index in [1.165, 1.54) is 16.8 Å². The largest absolute Gasteiger partial charge is 0.493 e. The lowest BCUT2D eigenvalue weighted by Crippen LogP contribution is -2.20. The SMILES string of the molecule is C=CCc1cc(C=Nn2c(-c3ccccc3)nc3ccccc3c2=O)cc(OC)c1OCc1cccc(F)c1. The Kier molecular flexibility index (Phi) is 7.59. The summed E-state index contributed by atoms with van der Waals surface area (Å²) < 4.78 is 26.6. The number of hydrogen-bond donors (Lipinski definition) is 0. The Bertz CT molecular complexity index is 1730. The van der Waals surface area contributed by atoms with E-state index in [4.69, 9.17) is 14.5 Å². The molecule has 1 heterocycles. The molecule has 0 unspecified atom stereocenters. The van der Waals surface area contributed by atoms with E-state index in [9.17, 15) is 9.18 Å². The number of hydrogen-bond acceptors (Lipinski definition) is 5. The van der Waals surface area contributed by atoms with Gasteiger partial charge in [-0.05, 0) is 53.9 Å². The molecular formula is C32H26FN3O3. The molecule has 0 amide bonds. The van der Waals surface area contributed by atoms with Gasteiger partial charge < -0.3 is 9.47 Å². The average molecular weight is 520 g/mol. The number of allylic oxidation sites excluding steroid dienone is 1. The number of para-hydroxylation sites is 1. The Morgan fingerprint density at radius 3 is 2.56 bits per heavy atom. The van der Waals surface area contributed by atoms with Crippen molar-refractivity contribution in [1.82, 2.24) is 9.66 Å². The summed E-state index contributed by atoms with van der Waals surface area (Å²) in [4.78, 5) is 18.2. The fraction of sp³-hybridized carbons (Fsp3) is 0.0938. The van der Waals surface area contributed by atoms with Crippen molar-refractivity contribution in [2.45, 2.75) is 13.0 Å². The van der Waals surface area contributed by atoms with E-state index in [0.29, 0.717) is 45.8 Å². The normalized spacial score (nSPS) is 11.1. The summed E-state index contributed by atoms with van der Waals surface area (Å²) in [5.41, 5.74) is 3.30. The Labute approximate surface area is 225 Å². The zero-order chi connectivity index (χ0) is 27.2. The van der Waals surface area contributed by atoms with E-state index in [1.807, 2.05) is 48.5 Å². The van der Waals surface area contributed by atoms with Crippen molar-refractivity contribution in [3.05, 3.63) is 137 Å². The zero-order valence-electron chi connectivity index (χ0n) is 21.4. The summed E-state index contributed by atoms with van der Waals surface area (Å²) in [5.74, 6) is 1.13. The molecule has 194 valence electrons. The molecule has 0 fully saturated rings. The molecule has 5 rings (SSSR count). The molecule has 0 atom stereocenters. The molecule has 1 aromatic heterocycles. The van der Waals surface area contributed by atoms with Gasteiger partial charge in [0, 0.05) is 11.1 Å². The first-order valence-electron chi connectivity index (χ1n) is 12.4. The van der Waals surface area contributed by atoms with Crippen LogP contribution in [0.15, 0.2) is 114 Å². The lowest BCUT2D eigenvalue weighted by Gasteiger charge is -2.16. The van der Waals surface area contributed by atoms with Gasteiger partial charge in [-0.15, -0.1) is 6.58 Å². The van der Waals surface area contributed by atoms with Crippen LogP contribution in [0.5, 0.6) is 11.5 Å². The van der Waals surface area contributed by atoms with Crippen molar-refractivity contribution in [1.29, 1.82) is 0 Å². The average Bonchev–Trinajstić information content (AvgIpc) is 2.96. The maximum atomic E-state index is 13.6. The smallest absolute Gasteiger partial charge is 0.282 e. The monoisotopic (exact) mass is 519 g/mol. The number of nitrogens with zero attached hydrogens (tertiary/aromatic N) is 3. The lowest BCUT2D eigenvalue weighted by atomic mass is 10.1. The third kappa shape index (κ3) is 5.62. The molecule has 39 heavy (non-hydrogen) atoms. The number of fused-ring (bicyclic) bond motifs is 1. The Hall–Kier alpha value is -5.04. The van der Waals surface area contributed by atoms with E-state index < -0.39 is 0 Å². The van der Waals surface area contributed by atoms with Gasteiger partial charge in [-0.1, -0.05) is 60.7 Å². The van der Waals surface area contributed by atoms with Gasteiger partial charge in [-0.2, -0.15) is 9.78 Å². The molecule has 5 aromatic rings. The number of ether oxygens (including phenoxy) is 2. The van der Waals surface area contributed by atoms with Gasteiger partial charge in [0.05, 0.1) is 24.2 Å². The van der Waals surface area contributed by atoms with Crippen LogP contribution < -0.4 is 15.0 Å². The molecule has 0 saturated carbocycles. The Morgan fingerprint density at radius 1 is 1.00 bits per heavy atom. The van der Waals surface area contributed by atoms with Crippen molar-refractivity contribution < 1.29 is 13.9 Å². The predicted molar refractivity (Wildman–Crippen MR) is 152 cm³/mol. The van der Waals surface area contributed by atoms with E-state index in [2.05, 4.69) is 11.7 Å². The van der Waals surface area contributed by atoms with E-state index in [1.54, 1.807) is 49.7 Å². The highest BCUT2D eigenvalue weighted by Gasteiger charge is 2.15. The summed E-state index contributed by atoms with van der Waals surface area (Å²) >= 11 is 0. The summed E-state index contributed by atoms with van der Waals surface area (Å²) in [7, 11) is 1.55. The third-order valence-electron chi connectivity index (χ3n) is 6.12. The molecule has 0 aliphatic carbocycles. The van der Waals surface area contributed by atoms with Crippen LogP contribution in [0.4, 0.5) is 4.39 Å². The van der Waals surface area contributed by atoms with Gasteiger partial charge in [0.25, 0.3) is 5.56 Å². The van der Waals surface area contributed by atoms with E-state index >= 15 is 0 Å². The number of aromatic nitrogens is 2. The lowest BCUT2D eigenvalue weighted by molar-refractivity contribution is 0.281. The van der Waals surface area contributed by atoms with Gasteiger partial charge in [-0.25, -0.2) is 9.37 Å². The summed E-state index contributed by atoms with van der Waals surface area (Å²) in [6.45, 7) is 4.03. The maximum absolute atomic E-state index is 13.6. The Balaban J connectivity index is 1.56. The third-order valence-corrected chi connectivity index (χ3v) is 6.12. The highest BCUT2D eigenvalue weighted by Crippen LogP contribution is 2.34. The topological polar surface area (TPSA) is 65.7 Å². The standard InChI is InChI=1S/C32H26FN3O3/c1-3-10-25-17-23(19-29(38-2)30(25)39-21-22-11-9-14-26(33)18-22)20-34-36-31(24-12-5-4-6-13-24)35-28-16-8-7-15-27(28)32(36)37/h3-9,11-20H,1,10,21H2,2H3. The van der Waals surface area contributed by atoms with Crippen molar-refractivity contribution in [3.8, 4) is 22.9 Å². The molecule has 0 aliphatic rings. The van der Waals surface area contributed by atoms with Gasteiger partial charge in [0.1, 0.15) is 12.4 Å². The molecule has 4 aromatic carbocycles. The molecule has 7 heteroatoms. The quantitative estimate of drug-likeness (QED) is 0.167. The van der Waals surface area contributed by atoms with Crippen molar-refractivity contribution in [3.63, 3.8) is 0 Å². The molecule has 0 aliphatic heterocycles. The highest BCUT2D eigenvalue weighted by atomic mass is 19.1.